The summed E-state index contributed by atoms with van der Waals surface area (Å²) in [6.07, 6.45) is 1.30. The van der Waals surface area contributed by atoms with E-state index in [0.29, 0.717) is 9.64 Å². The van der Waals surface area contributed by atoms with E-state index < -0.39 is 17.5 Å². The minimum atomic E-state index is -1.27. The molecule has 0 saturated carbocycles. The van der Waals surface area contributed by atoms with Crippen molar-refractivity contribution < 1.29 is 13.2 Å². The fraction of sp³-hybridized carbons (Fsp3) is 0. The van der Waals surface area contributed by atoms with Gasteiger partial charge < -0.3 is 0 Å². The zero-order valence-electron chi connectivity index (χ0n) is 6.99. The van der Waals surface area contributed by atoms with Gasteiger partial charge in [-0.3, -0.25) is 4.98 Å². The predicted molar refractivity (Wildman–Crippen MR) is 59.3 cm³/mol. The van der Waals surface area contributed by atoms with E-state index in [1.54, 1.807) is 22.6 Å². The molecule has 0 aliphatic carbocycles. The van der Waals surface area contributed by atoms with Crippen LogP contribution in [-0.2, 0) is 0 Å². The second kappa shape index (κ2) is 3.79. The summed E-state index contributed by atoms with van der Waals surface area (Å²) in [4.78, 5) is 3.67. The highest BCUT2D eigenvalue weighted by Crippen LogP contribution is 2.31. The Kier molecular flexibility index (Phi) is 2.76. The van der Waals surface area contributed by atoms with Gasteiger partial charge in [0, 0.05) is 12.3 Å². The molecule has 0 aliphatic rings. The average Bonchev–Trinajstić information content (AvgIpc) is 2.19. The fourth-order valence-electron chi connectivity index (χ4n) is 1.21. The van der Waals surface area contributed by atoms with Crippen molar-refractivity contribution in [2.75, 3.05) is 0 Å². The standard InChI is InChI=1S/C9H2ClF3IN/c10-7-5(14)2-15-9-4(12)1-3(11)8(13)6(7)9/h1-2H. The second-order valence-corrected chi connectivity index (χ2v) is 4.34. The van der Waals surface area contributed by atoms with E-state index in [9.17, 15) is 13.2 Å². The van der Waals surface area contributed by atoms with Crippen molar-refractivity contribution in [2.24, 2.45) is 0 Å². The van der Waals surface area contributed by atoms with Gasteiger partial charge >= 0.3 is 0 Å². The highest BCUT2D eigenvalue weighted by molar-refractivity contribution is 14.1. The number of aromatic nitrogens is 1. The molecule has 0 atom stereocenters. The first-order valence-corrected chi connectivity index (χ1v) is 5.25. The van der Waals surface area contributed by atoms with Crippen molar-refractivity contribution >= 4 is 45.1 Å². The van der Waals surface area contributed by atoms with Gasteiger partial charge in [-0.2, -0.15) is 0 Å². The molecule has 78 valence electrons. The van der Waals surface area contributed by atoms with Crippen molar-refractivity contribution in [1.29, 1.82) is 0 Å². The van der Waals surface area contributed by atoms with Crippen LogP contribution in [0.3, 0.4) is 0 Å². The number of fused-ring (bicyclic) bond motifs is 1. The Morgan fingerprint density at radius 3 is 2.53 bits per heavy atom. The summed E-state index contributed by atoms with van der Waals surface area (Å²) < 4.78 is 39.9. The van der Waals surface area contributed by atoms with Crippen molar-refractivity contribution in [2.45, 2.75) is 0 Å². The Bertz CT molecular complexity index is 551. The molecule has 2 aromatic rings. The van der Waals surface area contributed by atoms with Crippen LogP contribution in [0.25, 0.3) is 10.9 Å². The van der Waals surface area contributed by atoms with Gasteiger partial charge in [-0.05, 0) is 22.6 Å². The lowest BCUT2D eigenvalue weighted by molar-refractivity contribution is 0.505. The molecule has 1 aromatic carbocycles. The molecule has 15 heavy (non-hydrogen) atoms. The molecule has 1 nitrogen and oxygen atoms in total. The minimum Gasteiger partial charge on any atom is -0.252 e. The van der Waals surface area contributed by atoms with Crippen LogP contribution >= 0.6 is 34.2 Å². The monoisotopic (exact) mass is 343 g/mol. The van der Waals surface area contributed by atoms with Crippen LogP contribution in [0.15, 0.2) is 12.3 Å². The SMILES string of the molecule is Fc1cc(F)c2ncc(I)c(Cl)c2c1F. The van der Waals surface area contributed by atoms with E-state index in [1.807, 2.05) is 0 Å². The highest BCUT2D eigenvalue weighted by Gasteiger charge is 2.17. The normalized spacial score (nSPS) is 11.0. The van der Waals surface area contributed by atoms with Gasteiger partial charge in [0.25, 0.3) is 0 Å². The quantitative estimate of drug-likeness (QED) is 0.522. The molecule has 2 rings (SSSR count). The minimum absolute atomic E-state index is 0.0310. The zero-order chi connectivity index (χ0) is 11.2. The van der Waals surface area contributed by atoms with E-state index in [1.165, 1.54) is 6.20 Å². The summed E-state index contributed by atoms with van der Waals surface area (Å²) in [5.74, 6) is -3.38. The molecule has 0 saturated heterocycles. The molecule has 0 amide bonds. The lowest BCUT2D eigenvalue weighted by Crippen LogP contribution is -1.95. The molecule has 0 radical (unpaired) electrons. The lowest BCUT2D eigenvalue weighted by atomic mass is 10.2. The van der Waals surface area contributed by atoms with E-state index >= 15 is 0 Å². The third kappa shape index (κ3) is 1.67. The van der Waals surface area contributed by atoms with E-state index in [4.69, 9.17) is 11.6 Å². The first-order chi connectivity index (χ1) is 7.02. The van der Waals surface area contributed by atoms with Crippen LogP contribution in [0.4, 0.5) is 13.2 Å². The van der Waals surface area contributed by atoms with Gasteiger partial charge in [0.2, 0.25) is 0 Å². The van der Waals surface area contributed by atoms with Crippen LogP contribution < -0.4 is 0 Å². The van der Waals surface area contributed by atoms with Crippen molar-refractivity contribution in [3.8, 4) is 0 Å². The van der Waals surface area contributed by atoms with Gasteiger partial charge in [-0.25, -0.2) is 13.2 Å². The number of hydrogen-bond acceptors (Lipinski definition) is 1. The van der Waals surface area contributed by atoms with Crippen molar-refractivity contribution in [3.05, 3.63) is 38.3 Å². The van der Waals surface area contributed by atoms with Crippen LogP contribution in [0, 0.1) is 21.0 Å². The van der Waals surface area contributed by atoms with Crippen molar-refractivity contribution in [3.63, 3.8) is 0 Å². The number of rotatable bonds is 0. The number of nitrogens with zero attached hydrogens (tertiary/aromatic N) is 1. The molecule has 0 spiro atoms. The average molecular weight is 343 g/mol. The molecule has 1 heterocycles. The first-order valence-electron chi connectivity index (χ1n) is 3.79. The number of halogens is 5. The maximum absolute atomic E-state index is 13.3. The molecule has 0 unspecified atom stereocenters. The molecule has 0 N–H and O–H groups in total. The smallest absolute Gasteiger partial charge is 0.169 e. The zero-order valence-corrected chi connectivity index (χ0v) is 9.91. The molecule has 1 aromatic heterocycles. The predicted octanol–water partition coefficient (Wildman–Crippen LogP) is 3.91. The Labute approximate surface area is 101 Å². The van der Waals surface area contributed by atoms with Crippen LogP contribution in [0.1, 0.15) is 0 Å². The van der Waals surface area contributed by atoms with Gasteiger partial charge in [-0.15, -0.1) is 0 Å². The maximum atomic E-state index is 13.3. The molecule has 0 aliphatic heterocycles. The fourth-order valence-corrected chi connectivity index (χ4v) is 1.84. The number of hydrogen-bond donors (Lipinski definition) is 0. The third-order valence-corrected chi connectivity index (χ3v) is 3.41. The van der Waals surface area contributed by atoms with Gasteiger partial charge in [0.1, 0.15) is 5.52 Å². The Balaban J connectivity index is 3.04. The molecular weight excluding hydrogens is 341 g/mol. The Morgan fingerprint density at radius 2 is 1.87 bits per heavy atom. The van der Waals surface area contributed by atoms with Crippen LogP contribution in [0.5, 0.6) is 0 Å². The highest BCUT2D eigenvalue weighted by atomic mass is 127. The largest absolute Gasteiger partial charge is 0.252 e. The summed E-state index contributed by atoms with van der Waals surface area (Å²) in [5, 5.41) is -0.349. The molecule has 6 heteroatoms. The van der Waals surface area contributed by atoms with E-state index in [0.717, 1.165) is 0 Å². The first kappa shape index (κ1) is 10.9. The van der Waals surface area contributed by atoms with Crippen LogP contribution in [0.2, 0.25) is 5.02 Å². The molecular formula is C9H2ClF3IN. The summed E-state index contributed by atoms with van der Waals surface area (Å²) in [7, 11) is 0. The maximum Gasteiger partial charge on any atom is 0.169 e. The number of benzene rings is 1. The molecule has 0 bridgehead atoms. The van der Waals surface area contributed by atoms with Gasteiger partial charge in [0.15, 0.2) is 17.5 Å². The summed E-state index contributed by atoms with van der Waals surface area (Å²) in [6.45, 7) is 0. The van der Waals surface area contributed by atoms with E-state index in [2.05, 4.69) is 4.98 Å². The summed E-state index contributed by atoms with van der Waals surface area (Å²) in [5.41, 5.74) is -0.265. The summed E-state index contributed by atoms with van der Waals surface area (Å²) in [6, 6.07) is 0.452. The molecule has 0 fully saturated rings. The Hall–Kier alpha value is -0.560. The van der Waals surface area contributed by atoms with Crippen LogP contribution in [-0.4, -0.2) is 4.98 Å². The topological polar surface area (TPSA) is 12.9 Å². The third-order valence-electron chi connectivity index (χ3n) is 1.88. The van der Waals surface area contributed by atoms with Gasteiger partial charge in [-0.1, -0.05) is 11.6 Å². The summed E-state index contributed by atoms with van der Waals surface area (Å²) >= 11 is 7.56. The Morgan fingerprint density at radius 1 is 1.20 bits per heavy atom. The second-order valence-electron chi connectivity index (χ2n) is 2.80. The number of pyridine rings is 1. The van der Waals surface area contributed by atoms with Crippen molar-refractivity contribution in [1.82, 2.24) is 4.98 Å². The lowest BCUT2D eigenvalue weighted by Gasteiger charge is -2.04. The van der Waals surface area contributed by atoms with E-state index in [-0.39, 0.29) is 15.9 Å². The van der Waals surface area contributed by atoms with Gasteiger partial charge in [0.05, 0.1) is 14.0 Å².